The van der Waals surface area contributed by atoms with E-state index >= 15 is 0 Å². The largest absolute Gasteiger partial charge is 0.481 e. The Kier molecular flexibility index (Phi) is 5.89. The highest BCUT2D eigenvalue weighted by molar-refractivity contribution is 8.00. The second kappa shape index (κ2) is 7.68. The number of aryl methyl sites for hydroxylation is 1. The number of nitrogens with zero attached hydrogens (tertiary/aromatic N) is 1. The number of carbonyl (C=O) groups excluding carboxylic acids is 1. The topological polar surface area (TPSA) is 57.6 Å². The molecule has 1 aliphatic carbocycles. The summed E-state index contributed by atoms with van der Waals surface area (Å²) in [5.74, 6) is -0.977. The van der Waals surface area contributed by atoms with Gasteiger partial charge in [-0.1, -0.05) is 24.5 Å². The lowest BCUT2D eigenvalue weighted by molar-refractivity contribution is -0.137. The third-order valence-electron chi connectivity index (χ3n) is 3.97. The van der Waals surface area contributed by atoms with Gasteiger partial charge >= 0.3 is 5.97 Å². The maximum atomic E-state index is 12.6. The quantitative estimate of drug-likeness (QED) is 0.870. The Morgan fingerprint density at radius 1 is 1.32 bits per heavy atom. The zero-order valence-corrected chi connectivity index (χ0v) is 14.0. The van der Waals surface area contributed by atoms with Gasteiger partial charge in [-0.2, -0.15) is 0 Å². The molecule has 0 spiro atoms. The van der Waals surface area contributed by atoms with E-state index in [9.17, 15) is 9.59 Å². The fourth-order valence-corrected chi connectivity index (χ4v) is 4.02. The number of carboxylic acid groups (broad SMARTS) is 1. The standard InChI is InChI=1S/C17H23NO3S/c1-12-7-8-15(22-13-5-3-4-6-13)14(11-12)17(21)18(2)10-9-16(19)20/h7-8,11,13H,3-6,9-10H2,1-2H3,(H,19,20). The van der Waals surface area contributed by atoms with Crippen molar-refractivity contribution in [1.29, 1.82) is 0 Å². The van der Waals surface area contributed by atoms with Crippen molar-refractivity contribution in [3.8, 4) is 0 Å². The fraction of sp³-hybridized carbons (Fsp3) is 0.529. The number of thioether (sulfide) groups is 1. The molecule has 0 unspecified atom stereocenters. The average molecular weight is 321 g/mol. The molecule has 1 aliphatic rings. The van der Waals surface area contributed by atoms with Crippen molar-refractivity contribution in [3.05, 3.63) is 29.3 Å². The summed E-state index contributed by atoms with van der Waals surface area (Å²) < 4.78 is 0. The molecule has 0 heterocycles. The Labute approximate surface area is 135 Å². The molecule has 2 rings (SSSR count). The maximum absolute atomic E-state index is 12.6. The summed E-state index contributed by atoms with van der Waals surface area (Å²) in [5.41, 5.74) is 1.75. The molecule has 1 aromatic carbocycles. The van der Waals surface area contributed by atoms with Gasteiger partial charge in [0.25, 0.3) is 5.91 Å². The number of carboxylic acids is 1. The molecule has 1 N–H and O–H groups in total. The lowest BCUT2D eigenvalue weighted by Crippen LogP contribution is -2.29. The zero-order chi connectivity index (χ0) is 16.1. The average Bonchev–Trinajstić information content (AvgIpc) is 2.98. The molecule has 0 aliphatic heterocycles. The smallest absolute Gasteiger partial charge is 0.305 e. The molecule has 1 aromatic rings. The molecule has 0 saturated heterocycles. The molecule has 1 saturated carbocycles. The van der Waals surface area contributed by atoms with E-state index in [4.69, 9.17) is 5.11 Å². The third kappa shape index (κ3) is 4.50. The van der Waals surface area contributed by atoms with Crippen molar-refractivity contribution in [2.24, 2.45) is 0 Å². The Morgan fingerprint density at radius 3 is 2.64 bits per heavy atom. The molecular formula is C17H23NO3S. The van der Waals surface area contributed by atoms with Crippen LogP contribution in [0.3, 0.4) is 0 Å². The molecule has 120 valence electrons. The number of benzene rings is 1. The van der Waals surface area contributed by atoms with Crippen LogP contribution in [0.15, 0.2) is 23.1 Å². The zero-order valence-electron chi connectivity index (χ0n) is 13.2. The lowest BCUT2D eigenvalue weighted by Gasteiger charge is -2.19. The van der Waals surface area contributed by atoms with Crippen LogP contribution in [0.25, 0.3) is 0 Å². The van der Waals surface area contributed by atoms with Crippen molar-refractivity contribution in [2.75, 3.05) is 13.6 Å². The van der Waals surface area contributed by atoms with Gasteiger partial charge in [-0.25, -0.2) is 0 Å². The van der Waals surface area contributed by atoms with Crippen LogP contribution < -0.4 is 0 Å². The first-order chi connectivity index (χ1) is 10.5. The van der Waals surface area contributed by atoms with Crippen LogP contribution in [0.5, 0.6) is 0 Å². The minimum atomic E-state index is -0.885. The van der Waals surface area contributed by atoms with Gasteiger partial charge in [0, 0.05) is 23.7 Å². The number of hydrogen-bond donors (Lipinski definition) is 1. The van der Waals surface area contributed by atoms with Crippen LogP contribution in [-0.4, -0.2) is 40.7 Å². The summed E-state index contributed by atoms with van der Waals surface area (Å²) >= 11 is 1.79. The van der Waals surface area contributed by atoms with E-state index in [1.807, 2.05) is 25.1 Å². The summed E-state index contributed by atoms with van der Waals surface area (Å²) in [4.78, 5) is 25.8. The van der Waals surface area contributed by atoms with Gasteiger partial charge in [0.15, 0.2) is 0 Å². The fourth-order valence-electron chi connectivity index (χ4n) is 2.67. The molecule has 0 atom stereocenters. The predicted molar refractivity (Wildman–Crippen MR) is 88.5 cm³/mol. The predicted octanol–water partition coefficient (Wildman–Crippen LogP) is 3.58. The Bertz CT molecular complexity index is 553. The van der Waals surface area contributed by atoms with Gasteiger partial charge in [-0.05, 0) is 31.9 Å². The van der Waals surface area contributed by atoms with Gasteiger partial charge in [-0.15, -0.1) is 11.8 Å². The van der Waals surface area contributed by atoms with Crippen molar-refractivity contribution in [1.82, 2.24) is 4.90 Å². The van der Waals surface area contributed by atoms with Crippen LogP contribution in [0.1, 0.15) is 48.0 Å². The number of amides is 1. The Morgan fingerprint density at radius 2 is 2.00 bits per heavy atom. The number of rotatable bonds is 6. The van der Waals surface area contributed by atoms with E-state index in [0.29, 0.717) is 10.8 Å². The summed E-state index contributed by atoms with van der Waals surface area (Å²) in [7, 11) is 1.66. The van der Waals surface area contributed by atoms with E-state index in [1.165, 1.54) is 30.6 Å². The van der Waals surface area contributed by atoms with E-state index in [0.717, 1.165) is 10.5 Å². The van der Waals surface area contributed by atoms with Crippen LogP contribution in [0.2, 0.25) is 0 Å². The van der Waals surface area contributed by atoms with Gasteiger partial charge in [-0.3, -0.25) is 9.59 Å². The van der Waals surface area contributed by atoms with Gasteiger partial charge < -0.3 is 10.0 Å². The molecule has 5 heteroatoms. The minimum Gasteiger partial charge on any atom is -0.481 e. The highest BCUT2D eigenvalue weighted by Gasteiger charge is 2.21. The SMILES string of the molecule is Cc1ccc(SC2CCCC2)c(C(=O)N(C)CCC(=O)O)c1. The molecule has 22 heavy (non-hydrogen) atoms. The van der Waals surface area contributed by atoms with Crippen LogP contribution >= 0.6 is 11.8 Å². The first-order valence-corrected chi connectivity index (χ1v) is 8.60. The third-order valence-corrected chi connectivity index (χ3v) is 5.38. The van der Waals surface area contributed by atoms with Crippen LogP contribution in [0, 0.1) is 6.92 Å². The number of hydrogen-bond acceptors (Lipinski definition) is 3. The highest BCUT2D eigenvalue weighted by Crippen LogP contribution is 2.36. The van der Waals surface area contributed by atoms with Gasteiger partial charge in [0.2, 0.25) is 0 Å². The first-order valence-electron chi connectivity index (χ1n) is 7.72. The number of carbonyl (C=O) groups is 2. The van der Waals surface area contributed by atoms with E-state index < -0.39 is 5.97 Å². The van der Waals surface area contributed by atoms with Crippen LogP contribution in [-0.2, 0) is 4.79 Å². The van der Waals surface area contributed by atoms with Crippen molar-refractivity contribution >= 4 is 23.6 Å². The highest BCUT2D eigenvalue weighted by atomic mass is 32.2. The minimum absolute atomic E-state index is 0.0286. The van der Waals surface area contributed by atoms with Gasteiger partial charge in [0.05, 0.1) is 12.0 Å². The van der Waals surface area contributed by atoms with E-state index in [2.05, 4.69) is 0 Å². The van der Waals surface area contributed by atoms with Crippen molar-refractivity contribution < 1.29 is 14.7 Å². The normalized spacial score (nSPS) is 15.0. The molecular weight excluding hydrogens is 298 g/mol. The number of aliphatic carboxylic acids is 1. The van der Waals surface area contributed by atoms with E-state index in [-0.39, 0.29) is 18.9 Å². The maximum Gasteiger partial charge on any atom is 0.305 e. The second-order valence-corrected chi connectivity index (χ2v) is 7.24. The summed E-state index contributed by atoms with van der Waals surface area (Å²) in [6.07, 6.45) is 4.93. The Balaban J connectivity index is 2.14. The molecule has 0 aromatic heterocycles. The summed E-state index contributed by atoms with van der Waals surface area (Å²) in [6, 6.07) is 5.97. The first kappa shape index (κ1) is 16.9. The second-order valence-electron chi connectivity index (χ2n) is 5.89. The summed E-state index contributed by atoms with van der Waals surface area (Å²) in [6.45, 7) is 2.20. The lowest BCUT2D eigenvalue weighted by atomic mass is 10.1. The molecule has 0 bridgehead atoms. The summed E-state index contributed by atoms with van der Waals surface area (Å²) in [5, 5.41) is 9.36. The molecule has 1 fully saturated rings. The van der Waals surface area contributed by atoms with Crippen molar-refractivity contribution in [3.63, 3.8) is 0 Å². The molecule has 4 nitrogen and oxygen atoms in total. The van der Waals surface area contributed by atoms with Crippen LogP contribution in [0.4, 0.5) is 0 Å². The molecule has 0 radical (unpaired) electrons. The Hall–Kier alpha value is -1.49. The van der Waals surface area contributed by atoms with E-state index in [1.54, 1.807) is 18.8 Å². The monoisotopic (exact) mass is 321 g/mol. The van der Waals surface area contributed by atoms with Crippen molar-refractivity contribution in [2.45, 2.75) is 49.2 Å². The molecule has 1 amide bonds. The van der Waals surface area contributed by atoms with Gasteiger partial charge in [0.1, 0.15) is 0 Å².